The van der Waals surface area contributed by atoms with Crippen molar-refractivity contribution in [2.45, 2.75) is 44.2 Å². The van der Waals surface area contributed by atoms with Crippen LogP contribution in [0, 0.1) is 5.82 Å². The van der Waals surface area contributed by atoms with Gasteiger partial charge in [0.15, 0.2) is 5.82 Å². The molecular formula is C18H21FN2O3. The van der Waals surface area contributed by atoms with Crippen LogP contribution in [-0.4, -0.2) is 33.5 Å². The number of amides is 1. The normalized spacial score (nSPS) is 19.8. The maximum atomic E-state index is 13.9. The molecule has 3 heterocycles. The summed E-state index contributed by atoms with van der Waals surface area (Å²) in [5.74, 6) is -0.465. The molecular weight excluding hydrogens is 311 g/mol. The number of aromatic nitrogens is 1. The van der Waals surface area contributed by atoms with Crippen LogP contribution in [0.1, 0.15) is 54.3 Å². The summed E-state index contributed by atoms with van der Waals surface area (Å²) in [7, 11) is 0. The fourth-order valence-corrected chi connectivity index (χ4v) is 3.25. The molecule has 1 amide bonds. The zero-order valence-corrected chi connectivity index (χ0v) is 13.4. The molecule has 2 aromatic heterocycles. The highest BCUT2D eigenvalue weighted by molar-refractivity contribution is 5.94. The van der Waals surface area contributed by atoms with Crippen LogP contribution in [0.5, 0.6) is 0 Å². The van der Waals surface area contributed by atoms with Crippen molar-refractivity contribution in [3.05, 3.63) is 54.0 Å². The minimum Gasteiger partial charge on any atom is -0.467 e. The van der Waals surface area contributed by atoms with Gasteiger partial charge >= 0.3 is 0 Å². The number of carbonyl (C=O) groups is 1. The molecule has 0 radical (unpaired) electrons. The molecule has 6 heteroatoms. The number of carbonyl (C=O) groups excluding carboxylic acids is 1. The highest BCUT2D eigenvalue weighted by Gasteiger charge is 2.30. The number of likely N-dealkylation sites (tertiary alicyclic amines) is 1. The van der Waals surface area contributed by atoms with Crippen molar-refractivity contribution >= 4 is 5.91 Å². The monoisotopic (exact) mass is 332 g/mol. The number of hydrogen-bond donors (Lipinski definition) is 1. The number of hydrogen-bond acceptors (Lipinski definition) is 4. The second-order valence-corrected chi connectivity index (χ2v) is 6.12. The molecule has 0 aliphatic carbocycles. The van der Waals surface area contributed by atoms with Gasteiger partial charge in [-0.1, -0.05) is 12.8 Å². The molecule has 0 spiro atoms. The number of furan rings is 1. The number of halogens is 1. The molecule has 0 saturated carbocycles. The maximum Gasteiger partial charge on any atom is 0.257 e. The van der Waals surface area contributed by atoms with Crippen LogP contribution in [-0.2, 0) is 0 Å². The second kappa shape index (κ2) is 7.57. The Balaban J connectivity index is 1.80. The van der Waals surface area contributed by atoms with Crippen LogP contribution in [0.15, 0.2) is 41.3 Å². The fourth-order valence-electron chi connectivity index (χ4n) is 3.25. The number of rotatable bonds is 4. The largest absolute Gasteiger partial charge is 0.467 e. The molecule has 3 rings (SSSR count). The predicted octanol–water partition coefficient (Wildman–Crippen LogP) is 3.32. The van der Waals surface area contributed by atoms with Gasteiger partial charge in [0, 0.05) is 25.2 Å². The Morgan fingerprint density at radius 1 is 1.42 bits per heavy atom. The summed E-state index contributed by atoms with van der Waals surface area (Å²) in [6, 6.07) is 4.70. The highest BCUT2D eigenvalue weighted by Crippen LogP contribution is 2.28. The number of aliphatic hydroxyl groups excluding tert-OH is 1. The van der Waals surface area contributed by atoms with E-state index < -0.39 is 11.9 Å². The molecule has 1 N–H and O–H groups in total. The summed E-state index contributed by atoms with van der Waals surface area (Å²) in [6.45, 7) is 0.566. The second-order valence-electron chi connectivity index (χ2n) is 6.12. The van der Waals surface area contributed by atoms with E-state index >= 15 is 0 Å². The summed E-state index contributed by atoms with van der Waals surface area (Å²) >= 11 is 0. The molecule has 0 aromatic carbocycles. The van der Waals surface area contributed by atoms with Gasteiger partial charge in [-0.25, -0.2) is 4.39 Å². The average molecular weight is 332 g/mol. The lowest BCUT2D eigenvalue weighted by Crippen LogP contribution is -2.41. The van der Waals surface area contributed by atoms with Crippen molar-refractivity contribution < 1.29 is 18.7 Å². The van der Waals surface area contributed by atoms with Crippen molar-refractivity contribution in [3.63, 3.8) is 0 Å². The third kappa shape index (κ3) is 3.64. The molecule has 0 bridgehead atoms. The van der Waals surface area contributed by atoms with Gasteiger partial charge in [-0.3, -0.25) is 9.78 Å². The van der Waals surface area contributed by atoms with Crippen LogP contribution in [0.3, 0.4) is 0 Å². The Kier molecular flexibility index (Phi) is 5.25. The van der Waals surface area contributed by atoms with Crippen LogP contribution in [0.2, 0.25) is 0 Å². The zero-order chi connectivity index (χ0) is 16.9. The summed E-state index contributed by atoms with van der Waals surface area (Å²) in [6.07, 6.45) is 7.27. The summed E-state index contributed by atoms with van der Waals surface area (Å²) in [4.78, 5) is 18.2. The van der Waals surface area contributed by atoms with Crippen molar-refractivity contribution in [2.75, 3.05) is 6.54 Å². The van der Waals surface area contributed by atoms with Crippen LogP contribution < -0.4 is 0 Å². The van der Waals surface area contributed by atoms with Crippen molar-refractivity contribution in [1.29, 1.82) is 0 Å². The highest BCUT2D eigenvalue weighted by atomic mass is 19.1. The van der Waals surface area contributed by atoms with Crippen molar-refractivity contribution in [1.82, 2.24) is 9.88 Å². The molecule has 5 nitrogen and oxygen atoms in total. The summed E-state index contributed by atoms with van der Waals surface area (Å²) in [5, 5.41) is 10.4. The topological polar surface area (TPSA) is 66.6 Å². The molecule has 1 aliphatic rings. The third-order valence-corrected chi connectivity index (χ3v) is 4.51. The van der Waals surface area contributed by atoms with Gasteiger partial charge in [0.1, 0.15) is 11.9 Å². The van der Waals surface area contributed by atoms with Gasteiger partial charge in [0.2, 0.25) is 0 Å². The fraction of sp³-hybridized carbons (Fsp3) is 0.444. The number of pyridine rings is 1. The van der Waals surface area contributed by atoms with Crippen LogP contribution in [0.4, 0.5) is 4.39 Å². The van der Waals surface area contributed by atoms with E-state index in [2.05, 4.69) is 4.98 Å². The first kappa shape index (κ1) is 16.6. The standard InChI is InChI=1S/C18H21FN2O3/c19-15-12-20-8-7-14(15)18(23)21-9-3-1-2-5-13(21)11-16(22)17-6-4-10-24-17/h4,6-8,10,12-13,16,22H,1-3,5,9,11H2/t13-,16+/m0/s1. The molecule has 1 fully saturated rings. The third-order valence-electron chi connectivity index (χ3n) is 4.51. The quantitative estimate of drug-likeness (QED) is 0.933. The number of aliphatic hydroxyl groups is 1. The molecule has 24 heavy (non-hydrogen) atoms. The first-order valence-electron chi connectivity index (χ1n) is 8.29. The van der Waals surface area contributed by atoms with E-state index in [9.17, 15) is 14.3 Å². The van der Waals surface area contributed by atoms with Crippen molar-refractivity contribution in [3.8, 4) is 0 Å². The Hall–Kier alpha value is -2.21. The smallest absolute Gasteiger partial charge is 0.257 e. The molecule has 1 saturated heterocycles. The van der Waals surface area contributed by atoms with Gasteiger partial charge in [0.25, 0.3) is 5.91 Å². The lowest BCUT2D eigenvalue weighted by Gasteiger charge is -2.31. The molecule has 0 unspecified atom stereocenters. The molecule has 2 aromatic rings. The first-order chi connectivity index (χ1) is 11.7. The van der Waals surface area contributed by atoms with E-state index in [1.165, 1.54) is 18.5 Å². The van der Waals surface area contributed by atoms with Crippen LogP contribution in [0.25, 0.3) is 0 Å². The van der Waals surface area contributed by atoms with Crippen LogP contribution >= 0.6 is 0 Å². The maximum absolute atomic E-state index is 13.9. The van der Waals surface area contributed by atoms with E-state index in [0.717, 1.165) is 31.9 Å². The lowest BCUT2D eigenvalue weighted by atomic mass is 10.0. The summed E-state index contributed by atoms with van der Waals surface area (Å²) < 4.78 is 19.2. The Labute approximate surface area is 140 Å². The van der Waals surface area contributed by atoms with E-state index in [0.29, 0.717) is 18.7 Å². The zero-order valence-electron chi connectivity index (χ0n) is 13.4. The average Bonchev–Trinajstić information content (AvgIpc) is 3.03. The summed E-state index contributed by atoms with van der Waals surface area (Å²) in [5.41, 5.74) is 0.0318. The molecule has 128 valence electrons. The minimum atomic E-state index is -0.777. The Morgan fingerprint density at radius 3 is 3.04 bits per heavy atom. The van der Waals surface area contributed by atoms with Gasteiger partial charge < -0.3 is 14.4 Å². The van der Waals surface area contributed by atoms with Gasteiger partial charge in [-0.15, -0.1) is 0 Å². The molecule has 2 atom stereocenters. The minimum absolute atomic E-state index is 0.0318. The van der Waals surface area contributed by atoms with Gasteiger partial charge in [-0.05, 0) is 31.0 Å². The Bertz CT molecular complexity index is 675. The van der Waals surface area contributed by atoms with Crippen molar-refractivity contribution in [2.24, 2.45) is 0 Å². The van der Waals surface area contributed by atoms with E-state index in [4.69, 9.17) is 4.42 Å². The molecule has 1 aliphatic heterocycles. The SMILES string of the molecule is O=C(c1ccncc1F)N1CCCCC[C@H]1C[C@@H](O)c1ccco1. The lowest BCUT2D eigenvalue weighted by molar-refractivity contribution is 0.0553. The van der Waals surface area contributed by atoms with E-state index in [-0.39, 0.29) is 17.5 Å². The first-order valence-corrected chi connectivity index (χ1v) is 8.29. The number of nitrogens with zero attached hydrogens (tertiary/aromatic N) is 2. The van der Waals surface area contributed by atoms with Gasteiger partial charge in [0.05, 0.1) is 18.0 Å². The van der Waals surface area contributed by atoms with E-state index in [1.807, 2.05) is 0 Å². The predicted molar refractivity (Wildman–Crippen MR) is 85.8 cm³/mol. The van der Waals surface area contributed by atoms with Gasteiger partial charge in [-0.2, -0.15) is 0 Å². The van der Waals surface area contributed by atoms with E-state index in [1.54, 1.807) is 17.0 Å². The Morgan fingerprint density at radius 2 is 2.29 bits per heavy atom.